The summed E-state index contributed by atoms with van der Waals surface area (Å²) in [6, 6.07) is 9.80. The minimum atomic E-state index is -3.50. The molecule has 1 heterocycles. The third kappa shape index (κ3) is 4.06. The quantitative estimate of drug-likeness (QED) is 0.731. The van der Waals surface area contributed by atoms with Gasteiger partial charge in [0.05, 0.1) is 12.7 Å². The van der Waals surface area contributed by atoms with Gasteiger partial charge in [0.25, 0.3) is 0 Å². The van der Waals surface area contributed by atoms with E-state index >= 15 is 0 Å². The summed E-state index contributed by atoms with van der Waals surface area (Å²) >= 11 is 5.62. The second-order valence-corrected chi connectivity index (χ2v) is 7.11. The molecule has 0 bridgehead atoms. The number of aromatic nitrogens is 2. The van der Waals surface area contributed by atoms with Crippen molar-refractivity contribution in [1.82, 2.24) is 14.1 Å². The number of alkyl halides is 1. The van der Waals surface area contributed by atoms with Crippen molar-refractivity contribution in [2.24, 2.45) is 0 Å². The molecule has 0 radical (unpaired) electrons. The Bertz CT molecular complexity index is 671. The minimum absolute atomic E-state index is 0.197. The molecule has 0 aliphatic carbocycles. The first-order valence-corrected chi connectivity index (χ1v) is 8.60. The molecular formula is C14H18ClN3O2S. The Morgan fingerprint density at radius 1 is 1.29 bits per heavy atom. The predicted octanol–water partition coefficient (Wildman–Crippen LogP) is 1.99. The van der Waals surface area contributed by atoms with E-state index in [0.29, 0.717) is 25.4 Å². The highest BCUT2D eigenvalue weighted by Crippen LogP contribution is 2.14. The number of sulfonamides is 1. The molecule has 1 aromatic heterocycles. The SMILES string of the molecule is CN(CCc1ccccc1)S(=O)(=O)c1cnn(CCCl)c1. The van der Waals surface area contributed by atoms with E-state index in [0.717, 1.165) is 5.56 Å². The Morgan fingerprint density at radius 3 is 2.67 bits per heavy atom. The summed E-state index contributed by atoms with van der Waals surface area (Å²) in [5.74, 6) is 0.394. The van der Waals surface area contributed by atoms with Crippen LogP contribution in [0.4, 0.5) is 0 Å². The van der Waals surface area contributed by atoms with E-state index < -0.39 is 10.0 Å². The number of rotatable bonds is 7. The standard InChI is InChI=1S/C14H18ClN3O2S/c1-17(9-7-13-5-3-2-4-6-13)21(19,20)14-11-16-18(12-14)10-8-15/h2-6,11-12H,7-10H2,1H3. The number of benzene rings is 1. The molecule has 0 saturated heterocycles. The topological polar surface area (TPSA) is 55.2 Å². The van der Waals surface area contributed by atoms with Crippen LogP contribution in [0.3, 0.4) is 0 Å². The van der Waals surface area contributed by atoms with Crippen LogP contribution in [0.5, 0.6) is 0 Å². The zero-order valence-corrected chi connectivity index (χ0v) is 13.4. The van der Waals surface area contributed by atoms with Crippen molar-refractivity contribution < 1.29 is 8.42 Å². The van der Waals surface area contributed by atoms with Crippen LogP contribution in [0.15, 0.2) is 47.6 Å². The van der Waals surface area contributed by atoms with Gasteiger partial charge in [0.1, 0.15) is 4.90 Å². The van der Waals surface area contributed by atoms with Crippen LogP contribution in [0.2, 0.25) is 0 Å². The van der Waals surface area contributed by atoms with Crippen molar-refractivity contribution in [3.05, 3.63) is 48.3 Å². The molecule has 21 heavy (non-hydrogen) atoms. The maximum atomic E-state index is 12.4. The Hall–Kier alpha value is -1.37. The van der Waals surface area contributed by atoms with Gasteiger partial charge in [0, 0.05) is 25.7 Å². The fourth-order valence-electron chi connectivity index (χ4n) is 1.92. The molecule has 2 rings (SSSR count). The molecule has 0 spiro atoms. The van der Waals surface area contributed by atoms with E-state index in [1.165, 1.54) is 21.4 Å². The number of likely N-dealkylation sites (N-methyl/N-ethyl adjacent to an activating group) is 1. The summed E-state index contributed by atoms with van der Waals surface area (Å²) in [4.78, 5) is 0.197. The van der Waals surface area contributed by atoms with Gasteiger partial charge in [-0.1, -0.05) is 30.3 Å². The molecule has 1 aromatic carbocycles. The lowest BCUT2D eigenvalue weighted by atomic mass is 10.2. The van der Waals surface area contributed by atoms with Gasteiger partial charge in [-0.15, -0.1) is 11.6 Å². The van der Waals surface area contributed by atoms with Gasteiger partial charge in [0.15, 0.2) is 0 Å². The highest BCUT2D eigenvalue weighted by molar-refractivity contribution is 7.89. The van der Waals surface area contributed by atoms with Crippen molar-refractivity contribution in [2.45, 2.75) is 17.9 Å². The number of halogens is 1. The molecule has 0 fully saturated rings. The van der Waals surface area contributed by atoms with E-state index in [-0.39, 0.29) is 4.90 Å². The van der Waals surface area contributed by atoms with E-state index in [9.17, 15) is 8.42 Å². The van der Waals surface area contributed by atoms with E-state index in [2.05, 4.69) is 5.10 Å². The smallest absolute Gasteiger partial charge is 0.245 e. The fraction of sp³-hybridized carbons (Fsp3) is 0.357. The van der Waals surface area contributed by atoms with E-state index in [1.807, 2.05) is 30.3 Å². The molecular weight excluding hydrogens is 310 g/mol. The molecule has 5 nitrogen and oxygen atoms in total. The van der Waals surface area contributed by atoms with Gasteiger partial charge < -0.3 is 0 Å². The van der Waals surface area contributed by atoms with Crippen LogP contribution in [0, 0.1) is 0 Å². The lowest BCUT2D eigenvalue weighted by Crippen LogP contribution is -2.28. The molecule has 0 saturated carbocycles. The third-order valence-corrected chi connectivity index (χ3v) is 5.17. The maximum Gasteiger partial charge on any atom is 0.245 e. The second-order valence-electron chi connectivity index (χ2n) is 4.69. The van der Waals surface area contributed by atoms with Crippen LogP contribution in [0.1, 0.15) is 5.56 Å². The summed E-state index contributed by atoms with van der Waals surface area (Å²) in [6.45, 7) is 0.915. The average molecular weight is 328 g/mol. The zero-order chi connectivity index (χ0) is 15.3. The fourth-order valence-corrected chi connectivity index (χ4v) is 3.22. The van der Waals surface area contributed by atoms with Gasteiger partial charge in [-0.2, -0.15) is 5.10 Å². The average Bonchev–Trinajstić information content (AvgIpc) is 2.95. The van der Waals surface area contributed by atoms with Gasteiger partial charge >= 0.3 is 0 Å². The largest absolute Gasteiger partial charge is 0.270 e. The lowest BCUT2D eigenvalue weighted by Gasteiger charge is -2.15. The van der Waals surface area contributed by atoms with Crippen LogP contribution >= 0.6 is 11.6 Å². The van der Waals surface area contributed by atoms with E-state index in [4.69, 9.17) is 11.6 Å². The zero-order valence-electron chi connectivity index (χ0n) is 11.8. The monoisotopic (exact) mass is 327 g/mol. The lowest BCUT2D eigenvalue weighted by molar-refractivity contribution is 0.472. The molecule has 0 aliphatic rings. The molecule has 0 N–H and O–H groups in total. The first-order valence-electron chi connectivity index (χ1n) is 6.62. The van der Waals surface area contributed by atoms with Gasteiger partial charge in [-0.25, -0.2) is 12.7 Å². The first kappa shape index (κ1) is 16.0. The summed E-state index contributed by atoms with van der Waals surface area (Å²) in [6.07, 6.45) is 3.55. The van der Waals surface area contributed by atoms with Gasteiger partial charge in [-0.05, 0) is 12.0 Å². The highest BCUT2D eigenvalue weighted by Gasteiger charge is 2.22. The van der Waals surface area contributed by atoms with Crippen LogP contribution in [-0.2, 0) is 23.0 Å². The Kier molecular flexibility index (Phi) is 5.39. The van der Waals surface area contributed by atoms with Crippen molar-refractivity contribution in [3.63, 3.8) is 0 Å². The molecule has 0 unspecified atom stereocenters. The number of hydrogen-bond acceptors (Lipinski definition) is 3. The maximum absolute atomic E-state index is 12.4. The highest BCUT2D eigenvalue weighted by atomic mass is 35.5. The van der Waals surface area contributed by atoms with E-state index in [1.54, 1.807) is 7.05 Å². The van der Waals surface area contributed by atoms with Crippen molar-refractivity contribution in [3.8, 4) is 0 Å². The molecule has 114 valence electrons. The Balaban J connectivity index is 2.04. The summed E-state index contributed by atoms with van der Waals surface area (Å²) in [5, 5.41) is 4.00. The number of nitrogens with zero attached hydrogens (tertiary/aromatic N) is 3. The van der Waals surface area contributed by atoms with Gasteiger partial charge in [0.2, 0.25) is 10.0 Å². The van der Waals surface area contributed by atoms with Crippen LogP contribution < -0.4 is 0 Å². The van der Waals surface area contributed by atoms with Crippen molar-refractivity contribution in [2.75, 3.05) is 19.5 Å². The molecule has 0 aliphatic heterocycles. The summed E-state index contributed by atoms with van der Waals surface area (Å²) in [5.41, 5.74) is 1.11. The Morgan fingerprint density at radius 2 is 2.00 bits per heavy atom. The second kappa shape index (κ2) is 7.06. The molecule has 0 atom stereocenters. The van der Waals surface area contributed by atoms with Gasteiger partial charge in [-0.3, -0.25) is 4.68 Å². The van der Waals surface area contributed by atoms with Crippen LogP contribution in [-0.4, -0.2) is 42.0 Å². The van der Waals surface area contributed by atoms with Crippen LogP contribution in [0.25, 0.3) is 0 Å². The van der Waals surface area contributed by atoms with Crippen molar-refractivity contribution >= 4 is 21.6 Å². The molecule has 0 amide bonds. The molecule has 2 aromatic rings. The Labute approximate surface area is 130 Å². The third-order valence-electron chi connectivity index (χ3n) is 3.19. The number of hydrogen-bond donors (Lipinski definition) is 0. The summed E-state index contributed by atoms with van der Waals surface area (Å²) < 4.78 is 27.7. The minimum Gasteiger partial charge on any atom is -0.270 e. The summed E-state index contributed by atoms with van der Waals surface area (Å²) in [7, 11) is -1.92. The normalized spacial score (nSPS) is 12.0. The van der Waals surface area contributed by atoms with Crippen molar-refractivity contribution in [1.29, 1.82) is 0 Å². The number of aryl methyl sites for hydroxylation is 1. The molecule has 7 heteroatoms. The predicted molar refractivity (Wildman–Crippen MR) is 82.9 cm³/mol. The first-order chi connectivity index (χ1) is 10.0.